The molecular formula is C24H25NO4. The predicted octanol–water partition coefficient (Wildman–Crippen LogP) is 4.72. The lowest BCUT2D eigenvalue weighted by Crippen LogP contribution is -2.43. The molecule has 0 saturated carbocycles. The minimum Gasteiger partial charge on any atom is -0.448 e. The van der Waals surface area contributed by atoms with E-state index in [1.165, 1.54) is 22.3 Å². The van der Waals surface area contributed by atoms with E-state index in [-0.39, 0.29) is 30.5 Å². The van der Waals surface area contributed by atoms with E-state index in [2.05, 4.69) is 30.8 Å². The highest BCUT2D eigenvalue weighted by molar-refractivity contribution is 5.79. The van der Waals surface area contributed by atoms with E-state index in [0.717, 1.165) is 6.42 Å². The van der Waals surface area contributed by atoms with E-state index in [1.807, 2.05) is 24.3 Å². The molecule has 0 aromatic heterocycles. The van der Waals surface area contributed by atoms with Gasteiger partial charge in [0.05, 0.1) is 11.7 Å². The maximum absolute atomic E-state index is 12.7. The predicted molar refractivity (Wildman–Crippen MR) is 110 cm³/mol. The Balaban J connectivity index is 1.42. The number of hydrogen-bond donors (Lipinski definition) is 0. The summed E-state index contributed by atoms with van der Waals surface area (Å²) in [7, 11) is 0. The van der Waals surface area contributed by atoms with Gasteiger partial charge in [-0.2, -0.15) is 0 Å². The van der Waals surface area contributed by atoms with Crippen LogP contribution >= 0.6 is 0 Å². The zero-order valence-electron chi connectivity index (χ0n) is 16.6. The molecule has 2 aromatic rings. The molecule has 2 aromatic carbocycles. The quantitative estimate of drug-likeness (QED) is 0.559. The van der Waals surface area contributed by atoms with Crippen LogP contribution in [-0.2, 0) is 14.3 Å². The third-order valence-corrected chi connectivity index (χ3v) is 5.62. The van der Waals surface area contributed by atoms with Crippen LogP contribution in [0.5, 0.6) is 0 Å². The molecule has 1 unspecified atom stereocenters. The Morgan fingerprint density at radius 3 is 2.31 bits per heavy atom. The molecule has 0 N–H and O–H groups in total. The highest BCUT2D eigenvalue weighted by atomic mass is 16.6. The van der Waals surface area contributed by atoms with Crippen molar-refractivity contribution in [3.63, 3.8) is 0 Å². The lowest BCUT2D eigenvalue weighted by Gasteiger charge is -2.31. The zero-order valence-corrected chi connectivity index (χ0v) is 16.6. The lowest BCUT2D eigenvalue weighted by molar-refractivity contribution is -0.145. The van der Waals surface area contributed by atoms with Gasteiger partial charge in [-0.25, -0.2) is 4.79 Å². The highest BCUT2D eigenvalue weighted by Crippen LogP contribution is 2.44. The number of carbonyl (C=O) groups is 2. The first-order chi connectivity index (χ1) is 14.0. The van der Waals surface area contributed by atoms with Crippen molar-refractivity contribution in [2.45, 2.75) is 25.7 Å². The fourth-order valence-electron chi connectivity index (χ4n) is 4.28. The third-order valence-electron chi connectivity index (χ3n) is 5.62. The first-order valence-corrected chi connectivity index (χ1v) is 10.0. The van der Waals surface area contributed by atoms with E-state index in [1.54, 1.807) is 11.8 Å². The molecular weight excluding hydrogens is 366 g/mol. The summed E-state index contributed by atoms with van der Waals surface area (Å²) in [6.45, 7) is 6.44. The molecule has 0 spiro atoms. The smallest absolute Gasteiger partial charge is 0.409 e. The number of fused-ring (bicyclic) bond motifs is 3. The Morgan fingerprint density at radius 1 is 1.07 bits per heavy atom. The summed E-state index contributed by atoms with van der Waals surface area (Å²) in [6, 6.07) is 16.5. The Labute approximate surface area is 170 Å². The van der Waals surface area contributed by atoms with Gasteiger partial charge in [0.15, 0.2) is 0 Å². The minimum absolute atomic E-state index is 0.0281. The van der Waals surface area contributed by atoms with Crippen molar-refractivity contribution >= 4 is 12.1 Å². The molecule has 5 heteroatoms. The van der Waals surface area contributed by atoms with Gasteiger partial charge in [-0.3, -0.25) is 4.79 Å². The molecule has 5 nitrogen and oxygen atoms in total. The van der Waals surface area contributed by atoms with Gasteiger partial charge < -0.3 is 14.4 Å². The van der Waals surface area contributed by atoms with Crippen LogP contribution in [0, 0.1) is 5.92 Å². The van der Waals surface area contributed by atoms with Crippen molar-refractivity contribution in [1.29, 1.82) is 0 Å². The first-order valence-electron chi connectivity index (χ1n) is 10.0. The fourth-order valence-corrected chi connectivity index (χ4v) is 4.28. The minimum atomic E-state index is -0.375. The van der Waals surface area contributed by atoms with E-state index in [9.17, 15) is 9.59 Å². The van der Waals surface area contributed by atoms with Crippen LogP contribution in [0.25, 0.3) is 11.1 Å². The van der Waals surface area contributed by atoms with Crippen LogP contribution in [0.2, 0.25) is 0 Å². The first kappa shape index (κ1) is 19.2. The van der Waals surface area contributed by atoms with E-state index >= 15 is 0 Å². The number of nitrogens with zero attached hydrogens (tertiary/aromatic N) is 1. The maximum Gasteiger partial charge on any atom is 0.409 e. The molecule has 1 atom stereocenters. The maximum atomic E-state index is 12.7. The topological polar surface area (TPSA) is 55.8 Å². The van der Waals surface area contributed by atoms with Crippen LogP contribution in [0.1, 0.15) is 36.8 Å². The summed E-state index contributed by atoms with van der Waals surface area (Å²) in [5.41, 5.74) is 4.76. The van der Waals surface area contributed by atoms with Gasteiger partial charge in [-0.05, 0) is 42.0 Å². The van der Waals surface area contributed by atoms with Crippen molar-refractivity contribution in [2.75, 3.05) is 19.7 Å². The van der Waals surface area contributed by atoms with Crippen LogP contribution in [0.15, 0.2) is 60.9 Å². The fraction of sp³-hybridized carbons (Fsp3) is 0.333. The van der Waals surface area contributed by atoms with Gasteiger partial charge in [-0.1, -0.05) is 55.1 Å². The van der Waals surface area contributed by atoms with Crippen molar-refractivity contribution < 1.29 is 19.1 Å². The molecule has 150 valence electrons. The number of esters is 1. The van der Waals surface area contributed by atoms with Crippen molar-refractivity contribution in [3.8, 4) is 11.1 Å². The van der Waals surface area contributed by atoms with E-state index in [0.29, 0.717) is 25.3 Å². The van der Waals surface area contributed by atoms with Gasteiger partial charge in [0.1, 0.15) is 6.61 Å². The molecule has 1 fully saturated rings. The summed E-state index contributed by atoms with van der Waals surface area (Å²) < 4.78 is 10.8. The Kier molecular flexibility index (Phi) is 5.38. The molecule has 1 aliphatic carbocycles. The Morgan fingerprint density at radius 2 is 1.69 bits per heavy atom. The van der Waals surface area contributed by atoms with Crippen molar-refractivity contribution in [3.05, 3.63) is 72.0 Å². The van der Waals surface area contributed by atoms with E-state index < -0.39 is 0 Å². The van der Waals surface area contributed by atoms with Gasteiger partial charge in [-0.15, -0.1) is 0 Å². The van der Waals surface area contributed by atoms with Crippen LogP contribution in [0.3, 0.4) is 0 Å². The van der Waals surface area contributed by atoms with E-state index in [4.69, 9.17) is 9.47 Å². The summed E-state index contributed by atoms with van der Waals surface area (Å²) in [5, 5.41) is 0. The standard InChI is InChI=1S/C24H25NO4/c1-16(2)29-23(26)17-8-7-13-25(14-17)24(27)28-15-22-20-11-5-3-9-18(20)19-10-4-6-12-21(19)22/h3-6,9-12,17,22H,1,7-8,13-15H2,2H3. The third kappa shape index (κ3) is 3.90. The number of amides is 1. The number of piperidine rings is 1. The second-order valence-corrected chi connectivity index (χ2v) is 7.71. The summed E-state index contributed by atoms with van der Waals surface area (Å²) in [6.07, 6.45) is 1.08. The van der Waals surface area contributed by atoms with Crippen molar-refractivity contribution in [1.82, 2.24) is 4.90 Å². The number of hydrogen-bond acceptors (Lipinski definition) is 4. The zero-order chi connectivity index (χ0) is 20.4. The number of ether oxygens (including phenoxy) is 2. The van der Waals surface area contributed by atoms with Crippen LogP contribution in [-0.4, -0.2) is 36.7 Å². The lowest BCUT2D eigenvalue weighted by atomic mass is 9.98. The molecule has 2 aliphatic rings. The number of carbonyl (C=O) groups excluding carboxylic acids is 2. The molecule has 1 saturated heterocycles. The average molecular weight is 391 g/mol. The second-order valence-electron chi connectivity index (χ2n) is 7.71. The second kappa shape index (κ2) is 8.11. The Hall–Kier alpha value is -3.08. The molecule has 1 amide bonds. The molecule has 1 aliphatic heterocycles. The SMILES string of the molecule is C=C(C)OC(=O)C1CCCN(C(=O)OCC2c3ccccc3-c3ccccc32)C1. The monoisotopic (exact) mass is 391 g/mol. The normalized spacial score (nSPS) is 18.0. The summed E-state index contributed by atoms with van der Waals surface area (Å²) in [4.78, 5) is 26.5. The summed E-state index contributed by atoms with van der Waals surface area (Å²) >= 11 is 0. The number of rotatable bonds is 4. The highest BCUT2D eigenvalue weighted by Gasteiger charge is 2.33. The van der Waals surface area contributed by atoms with Gasteiger partial charge in [0, 0.05) is 19.0 Å². The van der Waals surface area contributed by atoms with Gasteiger partial charge in [0.25, 0.3) is 0 Å². The van der Waals surface area contributed by atoms with Crippen LogP contribution in [0.4, 0.5) is 4.79 Å². The van der Waals surface area contributed by atoms with Crippen molar-refractivity contribution in [2.24, 2.45) is 5.92 Å². The Bertz CT molecular complexity index is 906. The van der Waals surface area contributed by atoms with Gasteiger partial charge >= 0.3 is 12.1 Å². The average Bonchev–Trinajstić information content (AvgIpc) is 3.05. The summed E-state index contributed by atoms with van der Waals surface area (Å²) in [5.74, 6) is -0.261. The number of benzene rings is 2. The number of allylic oxidation sites excluding steroid dienone is 1. The number of likely N-dealkylation sites (tertiary alicyclic amines) is 1. The van der Waals surface area contributed by atoms with Crippen LogP contribution < -0.4 is 0 Å². The largest absolute Gasteiger partial charge is 0.448 e. The molecule has 1 heterocycles. The molecule has 0 radical (unpaired) electrons. The molecule has 0 bridgehead atoms. The van der Waals surface area contributed by atoms with Gasteiger partial charge in [0.2, 0.25) is 0 Å². The molecule has 29 heavy (non-hydrogen) atoms. The molecule has 4 rings (SSSR count).